The van der Waals surface area contributed by atoms with Gasteiger partial charge < -0.3 is 5.32 Å². The summed E-state index contributed by atoms with van der Waals surface area (Å²) >= 11 is 6.05. The van der Waals surface area contributed by atoms with Crippen molar-refractivity contribution in [3.8, 4) is 0 Å². The maximum Gasteiger partial charge on any atom is 0.280 e. The first-order chi connectivity index (χ1) is 16.7. The fourth-order valence-corrected chi connectivity index (χ4v) is 3.86. The van der Waals surface area contributed by atoms with Crippen LogP contribution < -0.4 is 5.32 Å². The molecule has 0 radical (unpaired) electrons. The minimum atomic E-state index is -3.09. The molecule has 0 unspecified atom stereocenters. The zero-order valence-electron chi connectivity index (χ0n) is 18.1. The summed E-state index contributed by atoms with van der Waals surface area (Å²) in [5, 5.41) is 6.83. The summed E-state index contributed by atoms with van der Waals surface area (Å²) in [5.74, 6) is -1.06. The van der Waals surface area contributed by atoms with Gasteiger partial charge in [-0.25, -0.2) is 27.2 Å². The molecule has 0 fully saturated rings. The van der Waals surface area contributed by atoms with Crippen LogP contribution in [0, 0.1) is 6.92 Å². The quantitative estimate of drug-likeness (QED) is 0.242. The Kier molecular flexibility index (Phi) is 6.83. The summed E-state index contributed by atoms with van der Waals surface area (Å²) in [7, 11) is 0. The summed E-state index contributed by atoms with van der Waals surface area (Å²) in [6.45, 7) is 0.899. The van der Waals surface area contributed by atoms with Crippen LogP contribution in [-0.4, -0.2) is 26.5 Å². The lowest BCUT2D eigenvalue weighted by Gasteiger charge is -2.12. The van der Waals surface area contributed by atoms with Gasteiger partial charge in [-0.1, -0.05) is 41.9 Å². The number of benzene rings is 2. The van der Waals surface area contributed by atoms with Gasteiger partial charge >= 0.3 is 0 Å². The summed E-state index contributed by atoms with van der Waals surface area (Å²) in [6.07, 6.45) is -6.13. The van der Waals surface area contributed by atoms with Crippen LogP contribution in [0.25, 0.3) is 11.0 Å². The number of anilines is 1. The number of pyridine rings is 1. The molecule has 0 saturated carbocycles. The number of carbonyl (C=O) groups excluding carboxylic acids is 2. The van der Waals surface area contributed by atoms with Crippen molar-refractivity contribution in [1.82, 2.24) is 14.8 Å². The zero-order valence-corrected chi connectivity index (χ0v) is 18.9. The summed E-state index contributed by atoms with van der Waals surface area (Å²) in [6, 6.07) is 13.3. The molecule has 35 heavy (non-hydrogen) atoms. The first-order valence-electron chi connectivity index (χ1n) is 10.3. The Morgan fingerprint density at radius 1 is 1.03 bits per heavy atom. The molecule has 2 aromatic carbocycles. The Morgan fingerprint density at radius 2 is 1.74 bits per heavy atom. The molecule has 6 nitrogen and oxygen atoms in total. The fraction of sp³-hybridized carbons (Fsp3) is 0.167. The van der Waals surface area contributed by atoms with E-state index >= 15 is 0 Å². The summed E-state index contributed by atoms with van der Waals surface area (Å²) in [5.41, 5.74) is -0.953. The second-order valence-corrected chi connectivity index (χ2v) is 8.05. The van der Waals surface area contributed by atoms with E-state index in [1.807, 2.05) is 0 Å². The van der Waals surface area contributed by atoms with Gasteiger partial charge in [0.2, 0.25) is 5.91 Å². The molecular formula is C24H17ClF4N4O2. The van der Waals surface area contributed by atoms with Crippen LogP contribution >= 0.6 is 11.6 Å². The average molecular weight is 505 g/mol. The zero-order chi connectivity index (χ0) is 25.3. The molecule has 1 N–H and O–H groups in total. The molecule has 0 saturated heterocycles. The van der Waals surface area contributed by atoms with Crippen molar-refractivity contribution in [1.29, 1.82) is 0 Å². The van der Waals surface area contributed by atoms with Gasteiger partial charge in [0, 0.05) is 21.7 Å². The van der Waals surface area contributed by atoms with Crippen molar-refractivity contribution in [2.75, 3.05) is 5.32 Å². The van der Waals surface area contributed by atoms with Crippen molar-refractivity contribution in [3.63, 3.8) is 0 Å². The van der Waals surface area contributed by atoms with Crippen molar-refractivity contribution >= 4 is 40.0 Å². The molecule has 0 atom stereocenters. The Bertz CT molecular complexity index is 1420. The van der Waals surface area contributed by atoms with Gasteiger partial charge in [-0.15, -0.1) is 0 Å². The van der Waals surface area contributed by atoms with Gasteiger partial charge in [0.15, 0.2) is 11.4 Å². The van der Waals surface area contributed by atoms with E-state index in [4.69, 9.17) is 11.6 Å². The molecule has 2 aromatic heterocycles. The third kappa shape index (κ3) is 5.02. The number of hydrogen-bond donors (Lipinski definition) is 1. The minimum absolute atomic E-state index is 0.0939. The van der Waals surface area contributed by atoms with E-state index in [1.54, 1.807) is 30.3 Å². The molecular weight excluding hydrogens is 488 g/mol. The van der Waals surface area contributed by atoms with Gasteiger partial charge in [-0.2, -0.15) is 5.10 Å². The Morgan fingerprint density at radius 3 is 2.40 bits per heavy atom. The topological polar surface area (TPSA) is 76.9 Å². The maximum atomic E-state index is 13.5. The van der Waals surface area contributed by atoms with Gasteiger partial charge in [0.05, 0.1) is 16.8 Å². The highest BCUT2D eigenvalue weighted by molar-refractivity contribution is 6.31. The molecule has 0 aliphatic rings. The van der Waals surface area contributed by atoms with Crippen molar-refractivity contribution in [3.05, 3.63) is 87.7 Å². The minimum Gasteiger partial charge on any atom is -0.324 e. The largest absolute Gasteiger partial charge is 0.324 e. The number of carbonyl (C=O) groups is 2. The number of aryl methyl sites for hydroxylation is 1. The highest BCUT2D eigenvalue weighted by Crippen LogP contribution is 2.32. The molecule has 4 rings (SSSR count). The standard InChI is InChI=1S/C24H17ClF4N4O2/c1-12-20-16(22(26)27)10-18(23(28)29)31-24(20)33(32-12)11-19(34)30-17-8-7-14(25)9-15(17)21(35)13-5-3-2-4-6-13/h2-10,22-23H,11H2,1H3,(H,30,34). The van der Waals surface area contributed by atoms with E-state index in [0.717, 1.165) is 4.68 Å². The van der Waals surface area contributed by atoms with Crippen LogP contribution in [0.5, 0.6) is 0 Å². The van der Waals surface area contributed by atoms with E-state index < -0.39 is 36.6 Å². The third-order valence-corrected chi connectivity index (χ3v) is 5.45. The van der Waals surface area contributed by atoms with E-state index in [9.17, 15) is 27.2 Å². The van der Waals surface area contributed by atoms with Crippen molar-refractivity contribution in [2.24, 2.45) is 0 Å². The van der Waals surface area contributed by atoms with Gasteiger partial charge in [0.1, 0.15) is 12.2 Å². The predicted octanol–water partition coefficient (Wildman–Crippen LogP) is 6.14. The molecule has 180 valence electrons. The molecule has 4 aromatic rings. The van der Waals surface area contributed by atoms with Crippen LogP contribution in [0.3, 0.4) is 0 Å². The molecule has 2 heterocycles. The SMILES string of the molecule is Cc1nn(CC(=O)Nc2ccc(Cl)cc2C(=O)c2ccccc2)c2nc(C(F)F)cc(C(F)F)c12. The van der Waals surface area contributed by atoms with E-state index in [1.165, 1.54) is 25.1 Å². The maximum absolute atomic E-state index is 13.5. The van der Waals surface area contributed by atoms with Crippen LogP contribution in [0.4, 0.5) is 23.2 Å². The van der Waals surface area contributed by atoms with E-state index in [2.05, 4.69) is 15.4 Å². The van der Waals surface area contributed by atoms with Crippen LogP contribution in [0.2, 0.25) is 5.02 Å². The molecule has 1 amide bonds. The predicted molar refractivity (Wildman–Crippen MR) is 122 cm³/mol. The Labute approximate surface area is 201 Å². The van der Waals surface area contributed by atoms with Crippen LogP contribution in [-0.2, 0) is 11.3 Å². The lowest BCUT2D eigenvalue weighted by Crippen LogP contribution is -2.21. The molecule has 11 heteroatoms. The summed E-state index contributed by atoms with van der Waals surface area (Å²) in [4.78, 5) is 29.5. The first-order valence-corrected chi connectivity index (χ1v) is 10.7. The van der Waals surface area contributed by atoms with Crippen LogP contribution in [0.15, 0.2) is 54.6 Å². The number of halogens is 5. The van der Waals surface area contributed by atoms with Gasteiger partial charge in [-0.05, 0) is 31.2 Å². The number of hydrogen-bond acceptors (Lipinski definition) is 4. The molecule has 0 aliphatic heterocycles. The number of nitrogens with zero attached hydrogens (tertiary/aromatic N) is 3. The Balaban J connectivity index is 1.67. The molecule has 0 aliphatic carbocycles. The lowest BCUT2D eigenvalue weighted by molar-refractivity contribution is -0.116. The normalized spacial score (nSPS) is 11.4. The molecule has 0 spiro atoms. The number of fused-ring (bicyclic) bond motifs is 1. The Hall–Kier alpha value is -3.79. The lowest BCUT2D eigenvalue weighted by atomic mass is 10.0. The fourth-order valence-electron chi connectivity index (χ4n) is 3.69. The number of aromatic nitrogens is 3. The van der Waals surface area contributed by atoms with Crippen molar-refractivity contribution < 1.29 is 27.2 Å². The van der Waals surface area contributed by atoms with Gasteiger partial charge in [0.25, 0.3) is 12.9 Å². The van der Waals surface area contributed by atoms with Crippen LogP contribution in [0.1, 0.15) is 45.7 Å². The smallest absolute Gasteiger partial charge is 0.280 e. The van der Waals surface area contributed by atoms with Gasteiger partial charge in [-0.3, -0.25) is 9.59 Å². The second-order valence-electron chi connectivity index (χ2n) is 7.61. The highest BCUT2D eigenvalue weighted by atomic mass is 35.5. The third-order valence-electron chi connectivity index (χ3n) is 5.22. The van der Waals surface area contributed by atoms with E-state index in [-0.39, 0.29) is 38.8 Å². The average Bonchev–Trinajstić information content (AvgIpc) is 3.14. The highest BCUT2D eigenvalue weighted by Gasteiger charge is 2.24. The van der Waals surface area contributed by atoms with E-state index in [0.29, 0.717) is 11.6 Å². The molecule has 0 bridgehead atoms. The van der Waals surface area contributed by atoms with Crippen molar-refractivity contribution in [2.45, 2.75) is 26.3 Å². The number of amides is 1. The number of nitrogens with one attached hydrogen (secondary N) is 1. The first kappa shape index (κ1) is 24.3. The number of rotatable bonds is 7. The monoisotopic (exact) mass is 504 g/mol. The summed E-state index contributed by atoms with van der Waals surface area (Å²) < 4.78 is 54.6. The number of ketones is 1. The second kappa shape index (κ2) is 9.83. The number of alkyl halides is 4.